The number of benzene rings is 1. The van der Waals surface area contributed by atoms with E-state index in [0.717, 1.165) is 29.8 Å². The number of hydrogen-bond donors (Lipinski definition) is 1. The largest absolute Gasteiger partial charge is 0.497 e. The van der Waals surface area contributed by atoms with Crippen LogP contribution in [0, 0.1) is 0 Å². The molecule has 2 heterocycles. The Morgan fingerprint density at radius 2 is 2.24 bits per heavy atom. The van der Waals surface area contributed by atoms with Gasteiger partial charge in [-0.05, 0) is 31.1 Å². The predicted molar refractivity (Wildman–Crippen MR) is 69.8 cm³/mol. The first-order chi connectivity index (χ1) is 9.49. The third kappa shape index (κ3) is 1.80. The third-order valence-electron chi connectivity index (χ3n) is 3.47. The molecule has 0 aliphatic carbocycles. The van der Waals surface area contributed by atoms with E-state index in [9.17, 15) is 0 Å². The molecule has 0 amide bonds. The van der Waals surface area contributed by atoms with E-state index in [1.807, 2.05) is 12.1 Å². The van der Waals surface area contributed by atoms with Crippen molar-refractivity contribution in [2.24, 2.45) is 0 Å². The summed E-state index contributed by atoms with van der Waals surface area (Å²) in [5.41, 5.74) is 3.46. The van der Waals surface area contributed by atoms with Crippen molar-refractivity contribution in [3.63, 3.8) is 0 Å². The van der Waals surface area contributed by atoms with E-state index < -0.39 is 6.98 Å². The van der Waals surface area contributed by atoms with Crippen LogP contribution in [0.4, 0.5) is 0 Å². The molecule has 3 heteroatoms. The van der Waals surface area contributed by atoms with Crippen molar-refractivity contribution in [3.05, 3.63) is 29.5 Å². The van der Waals surface area contributed by atoms with Crippen molar-refractivity contribution in [2.45, 2.75) is 12.8 Å². The van der Waals surface area contributed by atoms with Gasteiger partial charge in [-0.2, -0.15) is 0 Å². The summed E-state index contributed by atoms with van der Waals surface area (Å²) >= 11 is 0. The third-order valence-corrected chi connectivity index (χ3v) is 3.47. The second-order valence-electron chi connectivity index (χ2n) is 4.48. The maximum atomic E-state index is 7.53. The molecular weight excluding hydrogens is 212 g/mol. The van der Waals surface area contributed by atoms with E-state index in [2.05, 4.69) is 11.1 Å². The SMILES string of the molecule is [2H]C([2H])([2H])N1CCc2[nH]c3cc(OC)ccc3c2CC1. The minimum Gasteiger partial charge on any atom is -0.497 e. The highest BCUT2D eigenvalue weighted by atomic mass is 16.5. The Morgan fingerprint density at radius 1 is 1.35 bits per heavy atom. The zero-order valence-corrected chi connectivity index (χ0v) is 9.92. The van der Waals surface area contributed by atoms with Crippen LogP contribution in [-0.4, -0.2) is 37.1 Å². The van der Waals surface area contributed by atoms with Crippen molar-refractivity contribution >= 4 is 10.9 Å². The summed E-state index contributed by atoms with van der Waals surface area (Å²) < 4.78 is 27.8. The minimum atomic E-state index is -2.00. The van der Waals surface area contributed by atoms with Crippen LogP contribution in [0.1, 0.15) is 15.4 Å². The standard InChI is InChI=1S/C14H18N2O/c1-16-7-5-12-11-4-3-10(17-2)9-14(11)15-13(12)6-8-16/h3-4,9,15H,5-8H2,1-2H3/i1D3. The summed E-state index contributed by atoms with van der Waals surface area (Å²) in [6.45, 7) is -0.863. The first-order valence-electron chi connectivity index (χ1n) is 7.41. The summed E-state index contributed by atoms with van der Waals surface area (Å²) in [4.78, 5) is 4.99. The molecule has 3 rings (SSSR count). The number of fused-ring (bicyclic) bond motifs is 3. The zero-order valence-electron chi connectivity index (χ0n) is 12.9. The van der Waals surface area contributed by atoms with Gasteiger partial charge in [0, 0.05) is 46.3 Å². The summed E-state index contributed by atoms with van der Waals surface area (Å²) in [5, 5.41) is 1.17. The average molecular weight is 233 g/mol. The van der Waals surface area contributed by atoms with Crippen molar-refractivity contribution in [2.75, 3.05) is 27.2 Å². The van der Waals surface area contributed by atoms with Gasteiger partial charge in [-0.25, -0.2) is 0 Å². The Balaban J connectivity index is 1.95. The van der Waals surface area contributed by atoms with Crippen LogP contribution in [0.15, 0.2) is 18.2 Å². The van der Waals surface area contributed by atoms with E-state index in [0.29, 0.717) is 13.1 Å². The van der Waals surface area contributed by atoms with E-state index in [1.165, 1.54) is 10.9 Å². The summed E-state index contributed by atoms with van der Waals surface area (Å²) in [6.07, 6.45) is 1.50. The molecule has 0 radical (unpaired) electrons. The number of methoxy groups -OCH3 is 1. The Kier molecular flexibility index (Phi) is 1.86. The van der Waals surface area contributed by atoms with Crippen molar-refractivity contribution in [1.82, 2.24) is 9.88 Å². The van der Waals surface area contributed by atoms with Crippen molar-refractivity contribution in [1.29, 1.82) is 0 Å². The van der Waals surface area contributed by atoms with Gasteiger partial charge >= 0.3 is 0 Å². The lowest BCUT2D eigenvalue weighted by Gasteiger charge is -2.11. The Morgan fingerprint density at radius 3 is 3.06 bits per heavy atom. The normalized spacial score (nSPS) is 20.2. The van der Waals surface area contributed by atoms with E-state index in [1.54, 1.807) is 12.0 Å². The quantitative estimate of drug-likeness (QED) is 0.818. The number of H-pyrrole nitrogens is 1. The number of ether oxygens (including phenoxy) is 1. The lowest BCUT2D eigenvalue weighted by molar-refractivity contribution is 0.352. The van der Waals surface area contributed by atoms with Gasteiger partial charge in [0.1, 0.15) is 5.75 Å². The minimum absolute atomic E-state index is 0.563. The molecule has 17 heavy (non-hydrogen) atoms. The summed E-state index contributed by atoms with van der Waals surface area (Å²) in [5.74, 6) is 0.832. The Hall–Kier alpha value is -1.48. The molecule has 0 unspecified atom stereocenters. The fourth-order valence-electron chi connectivity index (χ4n) is 2.52. The number of likely N-dealkylation sites (N-methyl/N-ethyl adjacent to an activating group) is 1. The van der Waals surface area contributed by atoms with Crippen LogP contribution in [0.2, 0.25) is 0 Å². The molecule has 0 saturated heterocycles. The molecule has 0 saturated carbocycles. The van der Waals surface area contributed by atoms with Gasteiger partial charge in [0.05, 0.1) is 7.11 Å². The fraction of sp³-hybridized carbons (Fsp3) is 0.429. The lowest BCUT2D eigenvalue weighted by Crippen LogP contribution is -2.21. The highest BCUT2D eigenvalue weighted by Gasteiger charge is 2.16. The number of nitrogens with one attached hydrogen (secondary N) is 1. The van der Waals surface area contributed by atoms with Crippen LogP contribution in [0.25, 0.3) is 10.9 Å². The monoisotopic (exact) mass is 233 g/mol. The van der Waals surface area contributed by atoms with Gasteiger partial charge in [0.15, 0.2) is 0 Å². The summed E-state index contributed by atoms with van der Waals surface area (Å²) in [6, 6.07) is 5.99. The molecular formula is C14H18N2O. The van der Waals surface area contributed by atoms with Crippen LogP contribution in [0.5, 0.6) is 5.75 Å². The molecule has 0 bridgehead atoms. The number of nitrogens with zero attached hydrogens (tertiary/aromatic N) is 1. The maximum absolute atomic E-state index is 7.53. The first kappa shape index (κ1) is 7.77. The fourth-order valence-corrected chi connectivity index (χ4v) is 2.52. The van der Waals surface area contributed by atoms with Gasteiger partial charge in [-0.3, -0.25) is 0 Å². The molecule has 90 valence electrons. The van der Waals surface area contributed by atoms with Crippen molar-refractivity contribution in [3.8, 4) is 5.75 Å². The Bertz CT molecular complexity index is 633. The molecule has 3 nitrogen and oxygen atoms in total. The van der Waals surface area contributed by atoms with Gasteiger partial charge in [-0.15, -0.1) is 0 Å². The van der Waals surface area contributed by atoms with Gasteiger partial charge in [-0.1, -0.05) is 0 Å². The van der Waals surface area contributed by atoms with Crippen LogP contribution in [-0.2, 0) is 12.8 Å². The number of hydrogen-bond acceptors (Lipinski definition) is 2. The number of aromatic amines is 1. The topological polar surface area (TPSA) is 28.3 Å². The molecule has 0 spiro atoms. The number of aromatic nitrogens is 1. The lowest BCUT2D eigenvalue weighted by atomic mass is 10.1. The second kappa shape index (κ2) is 4.08. The molecule has 0 atom stereocenters. The molecule has 0 fully saturated rings. The zero-order chi connectivity index (χ0) is 14.3. The van der Waals surface area contributed by atoms with Gasteiger partial charge in [0.2, 0.25) is 0 Å². The van der Waals surface area contributed by atoms with Crippen molar-refractivity contribution < 1.29 is 8.85 Å². The maximum Gasteiger partial charge on any atom is 0.120 e. The van der Waals surface area contributed by atoms with Crippen LogP contribution >= 0.6 is 0 Å². The van der Waals surface area contributed by atoms with Gasteiger partial charge < -0.3 is 14.6 Å². The second-order valence-corrected chi connectivity index (χ2v) is 4.48. The predicted octanol–water partition coefficient (Wildman–Crippen LogP) is 2.21. The van der Waals surface area contributed by atoms with E-state index in [4.69, 9.17) is 8.85 Å². The van der Waals surface area contributed by atoms with Crippen LogP contribution < -0.4 is 4.74 Å². The Labute approximate surface area is 106 Å². The molecule has 1 aliphatic rings. The van der Waals surface area contributed by atoms with Gasteiger partial charge in [0.25, 0.3) is 0 Å². The highest BCUT2D eigenvalue weighted by Crippen LogP contribution is 2.28. The molecule has 1 N–H and O–H groups in total. The smallest absolute Gasteiger partial charge is 0.120 e. The van der Waals surface area contributed by atoms with Crippen LogP contribution in [0.3, 0.4) is 0 Å². The molecule has 2 aromatic rings. The van der Waals surface area contributed by atoms with E-state index >= 15 is 0 Å². The number of rotatable bonds is 1. The molecule has 1 aromatic heterocycles. The summed E-state index contributed by atoms with van der Waals surface area (Å²) in [7, 11) is 1.66. The highest BCUT2D eigenvalue weighted by molar-refractivity contribution is 5.86. The molecule has 1 aromatic carbocycles. The molecule has 1 aliphatic heterocycles. The van der Waals surface area contributed by atoms with E-state index in [-0.39, 0.29) is 0 Å². The average Bonchev–Trinajstić information content (AvgIpc) is 2.59. The first-order valence-corrected chi connectivity index (χ1v) is 5.91.